The van der Waals surface area contributed by atoms with Crippen molar-refractivity contribution in [2.24, 2.45) is 0 Å². The van der Waals surface area contributed by atoms with Crippen LogP contribution in [0.15, 0.2) is 0 Å². The van der Waals surface area contributed by atoms with E-state index < -0.39 is 7.32 Å². The summed E-state index contributed by atoms with van der Waals surface area (Å²) in [5.74, 6) is 0. The van der Waals surface area contributed by atoms with Gasteiger partial charge in [0, 0.05) is 0 Å². The fourth-order valence-electron chi connectivity index (χ4n) is 0. The van der Waals surface area contributed by atoms with Gasteiger partial charge in [-0.15, -0.1) is 0 Å². The SMILES string of the molecule is OB(O)O.[O]=[La]. The first-order valence-corrected chi connectivity index (χ1v) is 2.49. The molecule has 6 heavy (non-hydrogen) atoms. The Morgan fingerprint density at radius 3 is 1.17 bits per heavy atom. The quantitative estimate of drug-likeness (QED) is 0.403. The molecule has 0 atom stereocenters. The van der Waals surface area contributed by atoms with Crippen LogP contribution in [0.4, 0.5) is 0 Å². The van der Waals surface area contributed by atoms with Gasteiger partial charge >= 0.3 is 42.8 Å². The Morgan fingerprint density at radius 2 is 1.17 bits per heavy atom. The second-order valence-corrected chi connectivity index (χ2v) is 0.346. The Bertz CT molecular complexity index is 18.8. The third-order valence-corrected chi connectivity index (χ3v) is 0. The van der Waals surface area contributed by atoms with Crippen LogP contribution in [0.25, 0.3) is 0 Å². The van der Waals surface area contributed by atoms with Gasteiger partial charge in [-0.2, -0.15) is 0 Å². The first-order chi connectivity index (χ1) is 2.73. The molecule has 0 aromatic heterocycles. The number of rotatable bonds is 0. The van der Waals surface area contributed by atoms with Gasteiger partial charge in [0.05, 0.1) is 0 Å². The van der Waals surface area contributed by atoms with E-state index in [2.05, 4.69) is 0 Å². The second-order valence-electron chi connectivity index (χ2n) is 0.346. The van der Waals surface area contributed by atoms with Crippen LogP contribution >= 0.6 is 0 Å². The van der Waals surface area contributed by atoms with E-state index in [1.54, 1.807) is 0 Å². The van der Waals surface area contributed by atoms with E-state index in [1.165, 1.54) is 0 Å². The van der Waals surface area contributed by atoms with E-state index in [0.29, 0.717) is 0 Å². The molecular formula is H3BLaO4. The number of hydrogen-bond acceptors (Lipinski definition) is 4. The molecular weight excluding hydrogens is 214 g/mol. The van der Waals surface area contributed by atoms with Gasteiger partial charge in [0.25, 0.3) is 0 Å². The van der Waals surface area contributed by atoms with Crippen LogP contribution in [0, 0.1) is 33.8 Å². The summed E-state index contributed by atoms with van der Waals surface area (Å²) in [4.78, 5) is 0. The molecule has 0 aromatic rings. The van der Waals surface area contributed by atoms with Crippen molar-refractivity contribution >= 4 is 7.32 Å². The molecule has 0 aliphatic heterocycles. The van der Waals surface area contributed by atoms with Crippen LogP contribution in [0.5, 0.6) is 0 Å². The standard InChI is InChI=1S/BH3O3.La.O/c2-1(3)4;;/h2-4H;;. The summed E-state index contributed by atoms with van der Waals surface area (Å²) in [6.45, 7) is 0. The molecule has 0 aromatic carbocycles. The Labute approximate surface area is 57.7 Å². The summed E-state index contributed by atoms with van der Waals surface area (Å²) in [7, 11) is -2.17. The topological polar surface area (TPSA) is 77.8 Å². The predicted molar refractivity (Wildman–Crippen MR) is 13.1 cm³/mol. The van der Waals surface area contributed by atoms with Gasteiger partial charge in [0.1, 0.15) is 0 Å². The molecule has 0 bridgehead atoms. The van der Waals surface area contributed by atoms with Gasteiger partial charge in [0.2, 0.25) is 0 Å². The molecule has 0 saturated heterocycles. The van der Waals surface area contributed by atoms with Crippen LogP contribution in [0.2, 0.25) is 0 Å². The van der Waals surface area contributed by atoms with E-state index in [0.717, 1.165) is 0 Å². The maximum absolute atomic E-state index is 8.42. The third-order valence-electron chi connectivity index (χ3n) is 0. The van der Waals surface area contributed by atoms with Crippen molar-refractivity contribution < 1.29 is 50.6 Å². The van der Waals surface area contributed by atoms with E-state index in [1.807, 2.05) is 0 Å². The molecule has 0 aliphatic rings. The summed E-state index contributed by atoms with van der Waals surface area (Å²) in [6, 6.07) is 0. The molecule has 0 heterocycles. The summed E-state index contributed by atoms with van der Waals surface area (Å²) in [5, 5.41) is 21.5. The zero-order valence-corrected chi connectivity index (χ0v) is 6.53. The monoisotopic (exact) mass is 217 g/mol. The van der Waals surface area contributed by atoms with Crippen molar-refractivity contribution in [3.63, 3.8) is 0 Å². The molecule has 0 rings (SSSR count). The van der Waals surface area contributed by atoms with Gasteiger partial charge < -0.3 is 15.1 Å². The molecule has 0 radical (unpaired) electrons. The average molecular weight is 217 g/mol. The summed E-state index contributed by atoms with van der Waals surface area (Å²) < 4.78 is 8.42. The molecule has 0 aliphatic carbocycles. The first kappa shape index (κ1) is 10.0. The first-order valence-electron chi connectivity index (χ1n) is 1.01. The van der Waals surface area contributed by atoms with Crippen molar-refractivity contribution in [1.82, 2.24) is 0 Å². The van der Waals surface area contributed by atoms with Crippen LogP contribution in [-0.2, 0) is 1.70 Å². The minimum absolute atomic E-state index is 0.0833. The van der Waals surface area contributed by atoms with Gasteiger partial charge in [-0.25, -0.2) is 0 Å². The van der Waals surface area contributed by atoms with E-state index in [9.17, 15) is 0 Å². The Morgan fingerprint density at radius 1 is 1.17 bits per heavy atom. The predicted octanol–water partition coefficient (Wildman–Crippen LogP) is -2.17. The molecule has 0 amide bonds. The van der Waals surface area contributed by atoms with Crippen molar-refractivity contribution in [2.75, 3.05) is 0 Å². The van der Waals surface area contributed by atoms with Gasteiger partial charge in [-0.1, -0.05) is 0 Å². The Balaban J connectivity index is 0. The molecule has 6 heteroatoms. The van der Waals surface area contributed by atoms with Crippen LogP contribution < -0.4 is 0 Å². The van der Waals surface area contributed by atoms with Crippen molar-refractivity contribution in [2.45, 2.75) is 0 Å². The van der Waals surface area contributed by atoms with Crippen molar-refractivity contribution in [3.05, 3.63) is 0 Å². The molecule has 4 nitrogen and oxygen atoms in total. The fraction of sp³-hybridized carbons (Fsp3) is 0. The van der Waals surface area contributed by atoms with Gasteiger partial charge in [0.15, 0.2) is 0 Å². The molecule has 0 spiro atoms. The number of hydrogen-bond donors (Lipinski definition) is 3. The summed E-state index contributed by atoms with van der Waals surface area (Å²) in [6.07, 6.45) is 0. The molecule has 0 fully saturated rings. The Hall–Kier alpha value is 0.940. The zero-order chi connectivity index (χ0) is 5.58. The normalized spacial score (nSPS) is 5.50. The summed E-state index contributed by atoms with van der Waals surface area (Å²) in [5.41, 5.74) is 0. The Kier molecular flexibility index (Phi) is 15.6. The molecule has 33 valence electrons. The molecule has 3 N–H and O–H groups in total. The van der Waals surface area contributed by atoms with E-state index in [-0.39, 0.29) is 33.8 Å². The fourth-order valence-corrected chi connectivity index (χ4v) is 0. The molecule has 0 unspecified atom stereocenters. The summed E-state index contributed by atoms with van der Waals surface area (Å²) >= 11 is -0.0833. The van der Waals surface area contributed by atoms with Crippen LogP contribution in [0.3, 0.4) is 0 Å². The van der Waals surface area contributed by atoms with Crippen molar-refractivity contribution in [3.8, 4) is 0 Å². The van der Waals surface area contributed by atoms with Gasteiger partial charge in [-0.3, -0.25) is 0 Å². The van der Waals surface area contributed by atoms with Gasteiger partial charge in [-0.05, 0) is 0 Å². The van der Waals surface area contributed by atoms with Crippen LogP contribution in [-0.4, -0.2) is 22.4 Å². The van der Waals surface area contributed by atoms with E-state index in [4.69, 9.17) is 16.8 Å². The van der Waals surface area contributed by atoms with E-state index >= 15 is 0 Å². The average Bonchev–Trinajstić information content (AvgIpc) is 1.41. The molecule has 0 saturated carbocycles. The minimum atomic E-state index is -2.17. The second kappa shape index (κ2) is 9.34. The zero-order valence-electron chi connectivity index (χ0n) is 2.90. The van der Waals surface area contributed by atoms with Crippen molar-refractivity contribution in [1.29, 1.82) is 0 Å². The third kappa shape index (κ3) is 86.8. The maximum atomic E-state index is 8.42. The van der Waals surface area contributed by atoms with Crippen LogP contribution in [0.1, 0.15) is 0 Å².